The van der Waals surface area contributed by atoms with Crippen molar-refractivity contribution in [3.05, 3.63) is 0 Å². The molecule has 0 bridgehead atoms. The smallest absolute Gasteiger partial charge is 0.243 e. The van der Waals surface area contributed by atoms with Gasteiger partial charge in [-0.15, -0.1) is 0 Å². The average molecular weight is 240 g/mol. The van der Waals surface area contributed by atoms with Crippen molar-refractivity contribution in [3.63, 3.8) is 0 Å². The summed E-state index contributed by atoms with van der Waals surface area (Å²) in [7, 11) is 0. The number of likely N-dealkylation sites (N-methyl/N-ethyl adjacent to an activating group) is 1. The third-order valence-electron chi connectivity index (χ3n) is 3.02. The van der Waals surface area contributed by atoms with Crippen LogP contribution in [0.1, 0.15) is 46.5 Å². The molecule has 0 aliphatic heterocycles. The fourth-order valence-corrected chi connectivity index (χ4v) is 2.18. The molecule has 0 rings (SSSR count). The molecule has 0 radical (unpaired) electrons. The van der Waals surface area contributed by atoms with Gasteiger partial charge >= 0.3 is 0 Å². The van der Waals surface area contributed by atoms with Crippen molar-refractivity contribution in [2.45, 2.75) is 46.5 Å². The Morgan fingerprint density at radius 3 is 2.12 bits per heavy atom. The first-order valence-corrected chi connectivity index (χ1v) is 6.43. The second-order valence-electron chi connectivity index (χ2n) is 4.30. The molecular weight excluding hydrogens is 216 g/mol. The second kappa shape index (κ2) is 8.08. The number of carbonyl (C=O) groups excluding carboxylic acids is 1. The van der Waals surface area contributed by atoms with E-state index in [1.807, 2.05) is 20.8 Å². The van der Waals surface area contributed by atoms with E-state index in [1.165, 1.54) is 0 Å². The van der Waals surface area contributed by atoms with E-state index in [-0.39, 0.29) is 12.5 Å². The van der Waals surface area contributed by atoms with Crippen molar-refractivity contribution >= 4 is 5.91 Å². The van der Waals surface area contributed by atoms with Crippen LogP contribution in [0.2, 0.25) is 0 Å². The van der Waals surface area contributed by atoms with Crippen molar-refractivity contribution in [2.24, 2.45) is 5.41 Å². The molecule has 0 aromatic heterocycles. The summed E-state index contributed by atoms with van der Waals surface area (Å²) in [5.74, 6) is -0.125. The standard InChI is InChI=1S/C13H24N2O2/c1-4-7-13(11-14,8-5-2)12(17)15(6-3)9-10-16/h16H,4-10H2,1-3H3. The molecule has 98 valence electrons. The summed E-state index contributed by atoms with van der Waals surface area (Å²) >= 11 is 0. The minimum Gasteiger partial charge on any atom is -0.395 e. The number of amides is 1. The molecule has 4 nitrogen and oxygen atoms in total. The SMILES string of the molecule is CCCC(C#N)(CCC)C(=O)N(CC)CCO. The van der Waals surface area contributed by atoms with Gasteiger partial charge in [0.1, 0.15) is 5.41 Å². The predicted molar refractivity (Wildman–Crippen MR) is 67.2 cm³/mol. The van der Waals surface area contributed by atoms with Crippen molar-refractivity contribution in [2.75, 3.05) is 19.7 Å². The van der Waals surface area contributed by atoms with E-state index in [2.05, 4.69) is 6.07 Å². The van der Waals surface area contributed by atoms with Gasteiger partial charge in [-0.2, -0.15) is 5.26 Å². The third kappa shape index (κ3) is 4.01. The Hall–Kier alpha value is -1.08. The summed E-state index contributed by atoms with van der Waals surface area (Å²) in [6.07, 6.45) is 2.82. The Morgan fingerprint density at radius 1 is 1.29 bits per heavy atom. The first kappa shape index (κ1) is 15.9. The second-order valence-corrected chi connectivity index (χ2v) is 4.30. The quantitative estimate of drug-likeness (QED) is 0.705. The minimum absolute atomic E-state index is 0.0562. The van der Waals surface area contributed by atoms with E-state index in [0.717, 1.165) is 12.8 Å². The third-order valence-corrected chi connectivity index (χ3v) is 3.02. The highest BCUT2D eigenvalue weighted by molar-refractivity contribution is 5.85. The molecule has 1 N–H and O–H groups in total. The highest BCUT2D eigenvalue weighted by Crippen LogP contribution is 2.31. The van der Waals surface area contributed by atoms with E-state index in [4.69, 9.17) is 5.11 Å². The summed E-state index contributed by atoms with van der Waals surface area (Å²) in [4.78, 5) is 14.0. The molecular formula is C13H24N2O2. The lowest BCUT2D eigenvalue weighted by Gasteiger charge is -2.31. The van der Waals surface area contributed by atoms with Crippen LogP contribution in [0.15, 0.2) is 0 Å². The first-order chi connectivity index (χ1) is 8.11. The van der Waals surface area contributed by atoms with E-state index in [9.17, 15) is 10.1 Å². The van der Waals surface area contributed by atoms with Crippen LogP contribution in [0.3, 0.4) is 0 Å². The van der Waals surface area contributed by atoms with Gasteiger partial charge < -0.3 is 10.0 Å². The fraction of sp³-hybridized carbons (Fsp3) is 0.846. The van der Waals surface area contributed by atoms with Crippen LogP contribution in [0.5, 0.6) is 0 Å². The Labute approximate surface area is 104 Å². The highest BCUT2D eigenvalue weighted by atomic mass is 16.3. The van der Waals surface area contributed by atoms with Crippen LogP contribution < -0.4 is 0 Å². The van der Waals surface area contributed by atoms with Gasteiger partial charge in [0, 0.05) is 13.1 Å². The number of hydrogen-bond donors (Lipinski definition) is 1. The Balaban J connectivity index is 5.01. The number of nitrogens with zero attached hydrogens (tertiary/aromatic N) is 2. The van der Waals surface area contributed by atoms with Gasteiger partial charge in [-0.3, -0.25) is 4.79 Å². The summed E-state index contributed by atoms with van der Waals surface area (Å²) in [6.45, 7) is 6.63. The Morgan fingerprint density at radius 2 is 1.82 bits per heavy atom. The summed E-state index contributed by atoms with van der Waals surface area (Å²) in [5.41, 5.74) is -0.894. The molecule has 0 saturated carbocycles. The first-order valence-electron chi connectivity index (χ1n) is 6.43. The zero-order valence-electron chi connectivity index (χ0n) is 11.2. The van der Waals surface area contributed by atoms with Gasteiger partial charge in [-0.1, -0.05) is 26.7 Å². The molecule has 0 fully saturated rings. The zero-order valence-corrected chi connectivity index (χ0v) is 11.2. The number of rotatable bonds is 8. The molecule has 0 aromatic carbocycles. The van der Waals surface area contributed by atoms with E-state index >= 15 is 0 Å². The van der Waals surface area contributed by atoms with Gasteiger partial charge in [0.25, 0.3) is 0 Å². The van der Waals surface area contributed by atoms with Crippen LogP contribution in [0.25, 0.3) is 0 Å². The molecule has 0 spiro atoms. The maximum Gasteiger partial charge on any atom is 0.243 e. The van der Waals surface area contributed by atoms with Crippen molar-refractivity contribution in [1.82, 2.24) is 4.90 Å². The predicted octanol–water partition coefficient (Wildman–Crippen LogP) is 1.94. The number of carbonyl (C=O) groups is 1. The van der Waals surface area contributed by atoms with Crippen LogP contribution >= 0.6 is 0 Å². The maximum atomic E-state index is 12.4. The Kier molecular flexibility index (Phi) is 7.56. The number of hydrogen-bond acceptors (Lipinski definition) is 3. The lowest BCUT2D eigenvalue weighted by molar-refractivity contribution is -0.140. The van der Waals surface area contributed by atoms with Gasteiger partial charge in [0.05, 0.1) is 12.7 Å². The van der Waals surface area contributed by atoms with E-state index in [0.29, 0.717) is 25.9 Å². The molecule has 1 amide bonds. The normalized spacial score (nSPS) is 11.0. The summed E-state index contributed by atoms with van der Waals surface area (Å²) < 4.78 is 0. The van der Waals surface area contributed by atoms with Crippen LogP contribution in [-0.2, 0) is 4.79 Å². The van der Waals surface area contributed by atoms with Gasteiger partial charge in [-0.05, 0) is 19.8 Å². The highest BCUT2D eigenvalue weighted by Gasteiger charge is 2.39. The topological polar surface area (TPSA) is 64.3 Å². The van der Waals surface area contributed by atoms with Gasteiger partial charge in [-0.25, -0.2) is 0 Å². The zero-order chi connectivity index (χ0) is 13.3. The van der Waals surface area contributed by atoms with Crippen molar-refractivity contribution in [1.29, 1.82) is 5.26 Å². The molecule has 0 aromatic rings. The van der Waals surface area contributed by atoms with Crippen LogP contribution in [0.4, 0.5) is 0 Å². The van der Waals surface area contributed by atoms with Crippen LogP contribution in [-0.4, -0.2) is 35.6 Å². The van der Waals surface area contributed by atoms with E-state index in [1.54, 1.807) is 4.90 Å². The van der Waals surface area contributed by atoms with Gasteiger partial charge in [0.2, 0.25) is 5.91 Å². The molecule has 17 heavy (non-hydrogen) atoms. The summed E-state index contributed by atoms with van der Waals surface area (Å²) in [5, 5.41) is 18.3. The lowest BCUT2D eigenvalue weighted by Crippen LogP contribution is -2.44. The molecule has 0 aliphatic carbocycles. The Bertz CT molecular complexity index is 265. The molecule has 0 aliphatic rings. The van der Waals surface area contributed by atoms with Crippen molar-refractivity contribution < 1.29 is 9.90 Å². The average Bonchev–Trinajstić information content (AvgIpc) is 2.34. The summed E-state index contributed by atoms with van der Waals surface area (Å²) in [6, 6.07) is 2.22. The van der Waals surface area contributed by atoms with Crippen LogP contribution in [0, 0.1) is 16.7 Å². The molecule has 0 atom stereocenters. The maximum absolute atomic E-state index is 12.4. The fourth-order valence-electron chi connectivity index (χ4n) is 2.18. The number of aliphatic hydroxyl groups excluding tert-OH is 1. The monoisotopic (exact) mass is 240 g/mol. The van der Waals surface area contributed by atoms with Crippen molar-refractivity contribution in [3.8, 4) is 6.07 Å². The largest absolute Gasteiger partial charge is 0.395 e. The molecule has 0 unspecified atom stereocenters. The molecule has 0 heterocycles. The lowest BCUT2D eigenvalue weighted by atomic mass is 9.79. The minimum atomic E-state index is -0.894. The molecule has 4 heteroatoms. The number of aliphatic hydroxyl groups is 1. The number of nitriles is 1. The van der Waals surface area contributed by atoms with Gasteiger partial charge in [0.15, 0.2) is 0 Å². The molecule has 0 saturated heterocycles. The van der Waals surface area contributed by atoms with E-state index < -0.39 is 5.41 Å².